The third-order valence-electron chi connectivity index (χ3n) is 14.9. The minimum atomic E-state index is -0.0964. The first kappa shape index (κ1) is 43.4. The molecule has 1 aliphatic rings. The Labute approximate surface area is 411 Å². The summed E-state index contributed by atoms with van der Waals surface area (Å²) in [6.45, 7) is 16.4. The van der Waals surface area contributed by atoms with Crippen LogP contribution in [0.4, 0.5) is 11.4 Å². The normalized spacial score (nSPS) is 15.4. The average Bonchev–Trinajstić information content (AvgIpc) is 3.93. The van der Waals surface area contributed by atoms with Gasteiger partial charge in [0.2, 0.25) is 0 Å². The lowest BCUT2D eigenvalue weighted by molar-refractivity contribution is 0.569. The summed E-state index contributed by atoms with van der Waals surface area (Å²) >= 11 is 0. The van der Waals surface area contributed by atoms with Crippen LogP contribution in [0.15, 0.2) is 217 Å². The highest BCUT2D eigenvalue weighted by atomic mass is 16.3. The number of rotatable bonds is 7. The van der Waals surface area contributed by atoms with Crippen LogP contribution in [0.1, 0.15) is 65.2 Å². The lowest BCUT2D eigenvalue weighted by Crippen LogP contribution is -2.37. The van der Waals surface area contributed by atoms with E-state index in [-0.39, 0.29) is 22.8 Å². The highest BCUT2D eigenvalue weighted by molar-refractivity contribution is 6.15. The summed E-state index contributed by atoms with van der Waals surface area (Å²) < 4.78 is 9.22. The van der Waals surface area contributed by atoms with Crippen LogP contribution in [0, 0.1) is 5.92 Å². The third kappa shape index (κ3) is 7.18. The fourth-order valence-corrected chi connectivity index (χ4v) is 11.3. The molecule has 2 atom stereocenters. The lowest BCUT2D eigenvalue weighted by atomic mass is 9.78. The molecular formula is C67H58N2O. The van der Waals surface area contributed by atoms with Crippen molar-refractivity contribution in [1.82, 2.24) is 4.57 Å². The van der Waals surface area contributed by atoms with Crippen molar-refractivity contribution in [2.45, 2.75) is 65.3 Å². The Morgan fingerprint density at radius 3 is 1.86 bits per heavy atom. The molecule has 0 amide bonds. The largest absolute Gasteiger partial charge is 0.455 e. The highest BCUT2D eigenvalue weighted by Crippen LogP contribution is 2.49. The van der Waals surface area contributed by atoms with Gasteiger partial charge in [0.25, 0.3) is 0 Å². The average molecular weight is 907 g/mol. The molecular weight excluding hydrogens is 849 g/mol. The number of nitrogens with zero attached hydrogens (tertiary/aromatic N) is 2. The van der Waals surface area contributed by atoms with Gasteiger partial charge < -0.3 is 13.9 Å². The van der Waals surface area contributed by atoms with E-state index in [2.05, 4.69) is 270 Å². The molecule has 0 saturated heterocycles. The number of para-hydroxylation sites is 6. The van der Waals surface area contributed by atoms with E-state index in [9.17, 15) is 0 Å². The monoisotopic (exact) mass is 906 g/mol. The summed E-state index contributed by atoms with van der Waals surface area (Å²) in [6.07, 6.45) is 7.00. The SMILES string of the molecule is CC1C(c2cccc3c2oc2ccccc23)=CC=CC1N(c1ccccc1-c1cccc2cccc(-c3cc(C(C)(C)C)cc(C(C)(C)C)c3)c12)c1cccc2c3ccccc3n(-c3ccccc3)c12. The maximum Gasteiger partial charge on any atom is 0.142 e. The summed E-state index contributed by atoms with van der Waals surface area (Å²) in [5.41, 5.74) is 17.5. The standard InChI is InChI=1S/C67H58N2O/c1-43-49(56-33-19-34-57-53-28-13-16-39-62(53)70-65(56)57)29-20-37-58(43)69(61-38-21-32-55-52-27-12-14-35-59(52)68(64(55)61)48-24-9-8-10-25-48)60-36-15-11-26-51(60)54-31-18-23-44-22-17-30-50(63(44)54)45-40-46(66(2,3)4)42-47(41-45)67(5,6)7/h8-43,58H,1-7H3. The Balaban J connectivity index is 1.13. The molecule has 0 spiro atoms. The van der Waals surface area contributed by atoms with E-state index in [1.807, 2.05) is 0 Å². The van der Waals surface area contributed by atoms with E-state index in [4.69, 9.17) is 4.42 Å². The van der Waals surface area contributed by atoms with Gasteiger partial charge in [-0.2, -0.15) is 0 Å². The molecule has 0 fully saturated rings. The molecule has 3 heteroatoms. The summed E-state index contributed by atoms with van der Waals surface area (Å²) in [5, 5.41) is 7.20. The number of benzene rings is 9. The van der Waals surface area contributed by atoms with Crippen molar-refractivity contribution in [1.29, 1.82) is 0 Å². The molecule has 0 N–H and O–H groups in total. The molecule has 2 heterocycles. The molecule has 2 aromatic heterocycles. The molecule has 342 valence electrons. The predicted octanol–water partition coefficient (Wildman–Crippen LogP) is 18.6. The number of allylic oxidation sites excluding steroid dienone is 2. The van der Waals surface area contributed by atoms with Crippen LogP contribution in [-0.4, -0.2) is 10.6 Å². The number of furan rings is 1. The zero-order valence-corrected chi connectivity index (χ0v) is 41.2. The van der Waals surface area contributed by atoms with Crippen molar-refractivity contribution in [3.05, 3.63) is 229 Å². The Morgan fingerprint density at radius 1 is 0.500 bits per heavy atom. The first-order valence-corrected chi connectivity index (χ1v) is 24.9. The Morgan fingerprint density at radius 2 is 1.09 bits per heavy atom. The number of aromatic nitrogens is 1. The fourth-order valence-electron chi connectivity index (χ4n) is 11.3. The van der Waals surface area contributed by atoms with Gasteiger partial charge in [-0.15, -0.1) is 0 Å². The van der Waals surface area contributed by atoms with Crippen LogP contribution in [0.3, 0.4) is 0 Å². The molecule has 1 aliphatic carbocycles. The maximum absolute atomic E-state index is 6.74. The van der Waals surface area contributed by atoms with Crippen LogP contribution < -0.4 is 4.90 Å². The molecule has 9 aromatic carbocycles. The summed E-state index contributed by atoms with van der Waals surface area (Å²) in [6, 6.07) is 71.7. The van der Waals surface area contributed by atoms with Crippen LogP contribution >= 0.6 is 0 Å². The van der Waals surface area contributed by atoms with Gasteiger partial charge in [-0.25, -0.2) is 0 Å². The van der Waals surface area contributed by atoms with Gasteiger partial charge >= 0.3 is 0 Å². The topological polar surface area (TPSA) is 21.3 Å². The lowest BCUT2D eigenvalue weighted by Gasteiger charge is -2.40. The highest BCUT2D eigenvalue weighted by Gasteiger charge is 2.34. The zero-order valence-electron chi connectivity index (χ0n) is 41.2. The number of hydrogen-bond donors (Lipinski definition) is 0. The van der Waals surface area contributed by atoms with E-state index in [1.165, 1.54) is 71.5 Å². The van der Waals surface area contributed by atoms with Crippen molar-refractivity contribution in [2.75, 3.05) is 4.90 Å². The molecule has 70 heavy (non-hydrogen) atoms. The molecule has 0 radical (unpaired) electrons. The van der Waals surface area contributed by atoms with Crippen LogP contribution in [0.5, 0.6) is 0 Å². The van der Waals surface area contributed by atoms with Crippen molar-refractivity contribution in [3.8, 4) is 27.9 Å². The molecule has 3 nitrogen and oxygen atoms in total. The van der Waals surface area contributed by atoms with E-state index in [0.717, 1.165) is 44.6 Å². The fraction of sp³-hybridized carbons (Fsp3) is 0.164. The predicted molar refractivity (Wildman–Crippen MR) is 299 cm³/mol. The summed E-state index contributed by atoms with van der Waals surface area (Å²) in [7, 11) is 0. The van der Waals surface area contributed by atoms with E-state index >= 15 is 0 Å². The van der Waals surface area contributed by atoms with Gasteiger partial charge in [-0.3, -0.25) is 0 Å². The van der Waals surface area contributed by atoms with E-state index < -0.39 is 0 Å². The molecule has 0 bridgehead atoms. The molecule has 0 saturated carbocycles. The van der Waals surface area contributed by atoms with Gasteiger partial charge in [0.15, 0.2) is 0 Å². The van der Waals surface area contributed by atoms with Crippen molar-refractivity contribution in [2.24, 2.45) is 5.92 Å². The van der Waals surface area contributed by atoms with Crippen LogP contribution in [-0.2, 0) is 10.8 Å². The first-order chi connectivity index (χ1) is 33.9. The molecule has 2 unspecified atom stereocenters. The number of anilines is 2. The van der Waals surface area contributed by atoms with Gasteiger partial charge in [0, 0.05) is 50.0 Å². The second-order valence-electron chi connectivity index (χ2n) is 21.3. The zero-order chi connectivity index (χ0) is 47.9. The maximum atomic E-state index is 6.74. The second kappa shape index (κ2) is 16.7. The summed E-state index contributed by atoms with van der Waals surface area (Å²) in [4.78, 5) is 2.66. The van der Waals surface area contributed by atoms with Gasteiger partial charge in [-0.05, 0) is 91.4 Å². The number of fused-ring (bicyclic) bond motifs is 7. The third-order valence-corrected chi connectivity index (χ3v) is 14.9. The Kier molecular flexibility index (Phi) is 10.3. The van der Waals surface area contributed by atoms with Crippen molar-refractivity contribution >= 4 is 71.5 Å². The number of hydrogen-bond acceptors (Lipinski definition) is 2. The van der Waals surface area contributed by atoms with Crippen LogP contribution in [0.2, 0.25) is 0 Å². The van der Waals surface area contributed by atoms with Gasteiger partial charge in [-0.1, -0.05) is 224 Å². The molecule has 11 aromatic rings. The Bertz CT molecular complexity index is 3850. The minimum absolute atomic E-state index is 0.0206. The smallest absolute Gasteiger partial charge is 0.142 e. The second-order valence-corrected chi connectivity index (χ2v) is 21.3. The minimum Gasteiger partial charge on any atom is -0.455 e. The quantitative estimate of drug-likeness (QED) is 0.159. The molecule has 12 rings (SSSR count). The Hall–Kier alpha value is -7.88. The van der Waals surface area contributed by atoms with Crippen molar-refractivity contribution in [3.63, 3.8) is 0 Å². The van der Waals surface area contributed by atoms with Crippen LogP contribution in [0.25, 0.3) is 88.0 Å². The summed E-state index contributed by atoms with van der Waals surface area (Å²) in [5.74, 6) is 0.0423. The van der Waals surface area contributed by atoms with Gasteiger partial charge in [0.05, 0.1) is 22.8 Å². The first-order valence-electron chi connectivity index (χ1n) is 24.9. The van der Waals surface area contributed by atoms with Gasteiger partial charge in [0.1, 0.15) is 11.2 Å². The molecule has 0 aliphatic heterocycles. The van der Waals surface area contributed by atoms with E-state index in [0.29, 0.717) is 0 Å². The van der Waals surface area contributed by atoms with Crippen molar-refractivity contribution < 1.29 is 4.42 Å². The van der Waals surface area contributed by atoms with E-state index in [1.54, 1.807) is 0 Å².